The number of fused-ring (bicyclic) bond motifs is 1. The fraction of sp³-hybridized carbons (Fsp3) is 0.333. The van der Waals surface area contributed by atoms with Gasteiger partial charge in [-0.15, -0.1) is 0 Å². The van der Waals surface area contributed by atoms with Crippen LogP contribution in [0.15, 0.2) is 30.3 Å². The van der Waals surface area contributed by atoms with E-state index >= 15 is 0 Å². The van der Waals surface area contributed by atoms with Gasteiger partial charge in [-0.3, -0.25) is 4.79 Å². The quantitative estimate of drug-likeness (QED) is 0.874. The molecule has 0 spiro atoms. The van der Waals surface area contributed by atoms with Crippen molar-refractivity contribution in [3.05, 3.63) is 53.0 Å². The molecule has 0 saturated carbocycles. The number of hydrogen-bond donors (Lipinski definition) is 1. The number of pyridine rings is 1. The molecule has 0 saturated heterocycles. The summed E-state index contributed by atoms with van der Waals surface area (Å²) in [7, 11) is 1.35. The molecule has 1 aromatic heterocycles. The SMILES string of the molecule is COC(=O)Cc1nc2c(cc1Cc1ccc(F)cc1)N[C@@H](C)CO2. The zero-order valence-electron chi connectivity index (χ0n) is 13.6. The first-order chi connectivity index (χ1) is 11.5. The first-order valence-corrected chi connectivity index (χ1v) is 7.78. The van der Waals surface area contributed by atoms with Gasteiger partial charge in [0.2, 0.25) is 5.88 Å². The van der Waals surface area contributed by atoms with E-state index in [0.29, 0.717) is 24.6 Å². The van der Waals surface area contributed by atoms with Crippen molar-refractivity contribution < 1.29 is 18.7 Å². The zero-order chi connectivity index (χ0) is 17.1. The molecule has 1 atom stereocenters. The van der Waals surface area contributed by atoms with Crippen molar-refractivity contribution in [3.63, 3.8) is 0 Å². The van der Waals surface area contributed by atoms with Crippen LogP contribution in [-0.4, -0.2) is 30.7 Å². The highest BCUT2D eigenvalue weighted by Gasteiger charge is 2.21. The first kappa shape index (κ1) is 16.2. The topological polar surface area (TPSA) is 60.5 Å². The molecule has 0 bridgehead atoms. The van der Waals surface area contributed by atoms with Crippen LogP contribution < -0.4 is 10.1 Å². The maximum absolute atomic E-state index is 13.1. The highest BCUT2D eigenvalue weighted by atomic mass is 19.1. The van der Waals surface area contributed by atoms with Crippen LogP contribution in [0.1, 0.15) is 23.7 Å². The second kappa shape index (κ2) is 6.86. The lowest BCUT2D eigenvalue weighted by Crippen LogP contribution is -2.29. The summed E-state index contributed by atoms with van der Waals surface area (Å²) in [6, 6.07) is 8.42. The highest BCUT2D eigenvalue weighted by Crippen LogP contribution is 2.30. The van der Waals surface area contributed by atoms with Crippen LogP contribution in [0.2, 0.25) is 0 Å². The minimum atomic E-state index is -0.361. The summed E-state index contributed by atoms with van der Waals surface area (Å²) in [5.41, 5.74) is 3.24. The van der Waals surface area contributed by atoms with E-state index in [1.807, 2.05) is 13.0 Å². The monoisotopic (exact) mass is 330 g/mol. The molecule has 1 N–H and O–H groups in total. The van der Waals surface area contributed by atoms with Crippen molar-refractivity contribution in [2.24, 2.45) is 0 Å². The van der Waals surface area contributed by atoms with Crippen LogP contribution in [0.4, 0.5) is 10.1 Å². The molecule has 0 fully saturated rings. The van der Waals surface area contributed by atoms with Crippen LogP contribution in [-0.2, 0) is 22.4 Å². The Hall–Kier alpha value is -2.63. The van der Waals surface area contributed by atoms with E-state index in [2.05, 4.69) is 10.3 Å². The van der Waals surface area contributed by atoms with Crippen molar-refractivity contribution in [1.29, 1.82) is 0 Å². The van der Waals surface area contributed by atoms with Gasteiger partial charge >= 0.3 is 5.97 Å². The fourth-order valence-electron chi connectivity index (χ4n) is 2.64. The van der Waals surface area contributed by atoms with Crippen LogP contribution in [0.25, 0.3) is 0 Å². The Morgan fingerprint density at radius 3 is 2.88 bits per heavy atom. The number of benzene rings is 1. The number of nitrogens with one attached hydrogen (secondary N) is 1. The lowest BCUT2D eigenvalue weighted by atomic mass is 10.0. The average Bonchev–Trinajstić information content (AvgIpc) is 2.57. The van der Waals surface area contributed by atoms with E-state index < -0.39 is 0 Å². The van der Waals surface area contributed by atoms with Gasteiger partial charge < -0.3 is 14.8 Å². The molecule has 126 valence electrons. The smallest absolute Gasteiger partial charge is 0.311 e. The van der Waals surface area contributed by atoms with E-state index in [1.165, 1.54) is 19.2 Å². The van der Waals surface area contributed by atoms with E-state index in [9.17, 15) is 9.18 Å². The molecule has 3 rings (SSSR count). The molecule has 1 aromatic carbocycles. The molecule has 24 heavy (non-hydrogen) atoms. The van der Waals surface area contributed by atoms with Crippen LogP contribution in [0, 0.1) is 5.82 Å². The number of anilines is 1. The third-order valence-electron chi connectivity index (χ3n) is 3.88. The first-order valence-electron chi connectivity index (χ1n) is 7.78. The van der Waals surface area contributed by atoms with Gasteiger partial charge in [0.05, 0.1) is 31.0 Å². The van der Waals surface area contributed by atoms with Crippen molar-refractivity contribution >= 4 is 11.7 Å². The molecule has 1 aliphatic heterocycles. The van der Waals surface area contributed by atoms with Gasteiger partial charge in [-0.1, -0.05) is 12.1 Å². The fourth-order valence-corrected chi connectivity index (χ4v) is 2.64. The molecule has 2 heterocycles. The Morgan fingerprint density at radius 2 is 2.17 bits per heavy atom. The summed E-state index contributed by atoms with van der Waals surface area (Å²) in [6.45, 7) is 2.54. The van der Waals surface area contributed by atoms with Gasteiger partial charge in [0, 0.05) is 0 Å². The number of hydrogen-bond acceptors (Lipinski definition) is 5. The molecule has 6 heteroatoms. The summed E-state index contributed by atoms with van der Waals surface area (Å²) in [6.07, 6.45) is 0.613. The second-order valence-electron chi connectivity index (χ2n) is 5.86. The Balaban J connectivity index is 1.95. The van der Waals surface area contributed by atoms with Crippen molar-refractivity contribution in [3.8, 4) is 5.88 Å². The number of halogens is 1. The molecule has 2 aromatic rings. The predicted molar refractivity (Wildman–Crippen MR) is 87.7 cm³/mol. The van der Waals surface area contributed by atoms with Gasteiger partial charge in [0.25, 0.3) is 0 Å². The van der Waals surface area contributed by atoms with Gasteiger partial charge in [-0.05, 0) is 42.7 Å². The number of methoxy groups -OCH3 is 1. The summed E-state index contributed by atoms with van der Waals surface area (Å²) in [5, 5.41) is 3.33. The minimum absolute atomic E-state index is 0.0687. The average molecular weight is 330 g/mol. The summed E-state index contributed by atoms with van der Waals surface area (Å²) in [4.78, 5) is 16.2. The number of aromatic nitrogens is 1. The van der Waals surface area contributed by atoms with Crippen molar-refractivity contribution in [2.75, 3.05) is 19.0 Å². The summed E-state index contributed by atoms with van der Waals surface area (Å²) >= 11 is 0. The van der Waals surface area contributed by atoms with E-state index in [0.717, 1.165) is 16.8 Å². The number of ether oxygens (including phenoxy) is 2. The van der Waals surface area contributed by atoms with Crippen LogP contribution in [0.3, 0.4) is 0 Å². The Morgan fingerprint density at radius 1 is 1.42 bits per heavy atom. The maximum atomic E-state index is 13.1. The van der Waals surface area contributed by atoms with Gasteiger partial charge in [-0.2, -0.15) is 0 Å². The summed E-state index contributed by atoms with van der Waals surface area (Å²) in [5.74, 6) is -0.143. The second-order valence-corrected chi connectivity index (χ2v) is 5.86. The number of rotatable bonds is 4. The zero-order valence-corrected chi connectivity index (χ0v) is 13.6. The predicted octanol–water partition coefficient (Wildman–Crippen LogP) is 2.72. The molecule has 0 amide bonds. The molecule has 5 nitrogen and oxygen atoms in total. The molecular weight excluding hydrogens is 311 g/mol. The van der Waals surface area contributed by atoms with Gasteiger partial charge in [0.1, 0.15) is 12.4 Å². The third kappa shape index (κ3) is 3.64. The van der Waals surface area contributed by atoms with Crippen LogP contribution in [0.5, 0.6) is 5.88 Å². The van der Waals surface area contributed by atoms with Crippen LogP contribution >= 0.6 is 0 Å². The minimum Gasteiger partial charge on any atom is -0.474 e. The number of esters is 1. The summed E-state index contributed by atoms with van der Waals surface area (Å²) < 4.78 is 23.5. The van der Waals surface area contributed by atoms with E-state index in [-0.39, 0.29) is 24.2 Å². The number of carbonyl (C=O) groups excluding carboxylic acids is 1. The number of carbonyl (C=O) groups is 1. The lowest BCUT2D eigenvalue weighted by Gasteiger charge is -2.25. The third-order valence-corrected chi connectivity index (χ3v) is 3.88. The number of nitrogens with zero attached hydrogens (tertiary/aromatic N) is 1. The largest absolute Gasteiger partial charge is 0.474 e. The standard InChI is InChI=1S/C18H19FN2O3/c1-11-10-24-18-16(20-11)8-13(15(21-18)9-17(22)23-2)7-12-3-5-14(19)6-4-12/h3-6,8,11,20H,7,9-10H2,1-2H3/t11-/m0/s1. The maximum Gasteiger partial charge on any atom is 0.311 e. The van der Waals surface area contributed by atoms with Crippen molar-refractivity contribution in [1.82, 2.24) is 4.98 Å². The highest BCUT2D eigenvalue weighted by molar-refractivity contribution is 5.73. The Bertz CT molecular complexity index is 747. The molecule has 0 radical (unpaired) electrons. The van der Waals surface area contributed by atoms with E-state index in [1.54, 1.807) is 12.1 Å². The van der Waals surface area contributed by atoms with Gasteiger partial charge in [0.15, 0.2) is 0 Å². The molecule has 0 unspecified atom stereocenters. The molecule has 0 aliphatic carbocycles. The lowest BCUT2D eigenvalue weighted by molar-refractivity contribution is -0.139. The van der Waals surface area contributed by atoms with Crippen molar-refractivity contribution in [2.45, 2.75) is 25.8 Å². The molecule has 1 aliphatic rings. The van der Waals surface area contributed by atoms with Gasteiger partial charge in [-0.25, -0.2) is 9.37 Å². The van der Waals surface area contributed by atoms with E-state index in [4.69, 9.17) is 9.47 Å². The normalized spacial score (nSPS) is 15.9. The molecular formula is C18H19FN2O3. The Labute approximate surface area is 139 Å². The Kier molecular flexibility index (Phi) is 4.64.